The van der Waals surface area contributed by atoms with Crippen molar-refractivity contribution in [2.75, 3.05) is 7.11 Å². The number of halogens is 3. The topological polar surface area (TPSA) is 56.1 Å². The van der Waals surface area contributed by atoms with Crippen LogP contribution in [0.4, 0.5) is 4.39 Å². The molecule has 140 valence electrons. The van der Waals surface area contributed by atoms with Crippen LogP contribution in [0.3, 0.4) is 0 Å². The summed E-state index contributed by atoms with van der Waals surface area (Å²) in [5, 5.41) is 2.77. The minimum Gasteiger partial charge on any atom is -0.497 e. The molecule has 0 aliphatic heterocycles. The number of amides is 1. The third-order valence-electron chi connectivity index (χ3n) is 4.07. The molecule has 5 nitrogen and oxygen atoms in total. The molecule has 27 heavy (non-hydrogen) atoms. The number of carbonyl (C=O) groups is 1. The first-order valence-corrected chi connectivity index (χ1v) is 8.73. The minimum absolute atomic E-state index is 0.0133. The SMILES string of the molecule is COc1cccc(C(NC(=O)c2cc(F)c(Cl)cc2Cl)c2nccn2C)c1. The van der Waals surface area contributed by atoms with Crippen LogP contribution in [0.2, 0.25) is 10.0 Å². The predicted octanol–water partition coefficient (Wildman–Crippen LogP) is 4.39. The van der Waals surface area contributed by atoms with Crippen molar-refractivity contribution >= 4 is 29.1 Å². The molecule has 0 aliphatic carbocycles. The largest absolute Gasteiger partial charge is 0.497 e. The van der Waals surface area contributed by atoms with Gasteiger partial charge in [0.15, 0.2) is 0 Å². The zero-order valence-electron chi connectivity index (χ0n) is 14.5. The maximum Gasteiger partial charge on any atom is 0.253 e. The van der Waals surface area contributed by atoms with Crippen LogP contribution in [0.1, 0.15) is 27.8 Å². The van der Waals surface area contributed by atoms with Crippen molar-refractivity contribution in [3.63, 3.8) is 0 Å². The van der Waals surface area contributed by atoms with Gasteiger partial charge in [0.1, 0.15) is 23.4 Å². The Morgan fingerprint density at radius 1 is 1.26 bits per heavy atom. The highest BCUT2D eigenvalue weighted by molar-refractivity contribution is 6.36. The van der Waals surface area contributed by atoms with E-state index in [0.717, 1.165) is 11.6 Å². The number of carbonyl (C=O) groups excluding carboxylic acids is 1. The molecule has 1 N–H and O–H groups in total. The summed E-state index contributed by atoms with van der Waals surface area (Å²) >= 11 is 11.8. The Hall–Kier alpha value is -2.57. The lowest BCUT2D eigenvalue weighted by Gasteiger charge is -2.20. The number of imidazole rings is 1. The molecule has 2 aromatic carbocycles. The second-order valence-corrected chi connectivity index (χ2v) is 6.64. The van der Waals surface area contributed by atoms with Crippen molar-refractivity contribution < 1.29 is 13.9 Å². The summed E-state index contributed by atoms with van der Waals surface area (Å²) in [6.45, 7) is 0. The van der Waals surface area contributed by atoms with Crippen LogP contribution >= 0.6 is 23.2 Å². The lowest BCUT2D eigenvalue weighted by atomic mass is 10.0. The maximum absolute atomic E-state index is 13.8. The van der Waals surface area contributed by atoms with Crippen LogP contribution in [-0.2, 0) is 7.05 Å². The van der Waals surface area contributed by atoms with E-state index < -0.39 is 17.8 Å². The molecular weight excluding hydrogens is 392 g/mol. The standard InChI is InChI=1S/C19H16Cl2FN3O2/c1-25-7-6-23-18(25)17(11-4-3-5-12(8-11)27-2)24-19(26)13-9-16(22)15(21)10-14(13)20/h3-10,17H,1-2H3,(H,24,26). The highest BCUT2D eigenvalue weighted by Crippen LogP contribution is 2.27. The summed E-state index contributed by atoms with van der Waals surface area (Å²) in [4.78, 5) is 17.1. The summed E-state index contributed by atoms with van der Waals surface area (Å²) in [6.07, 6.45) is 3.40. The lowest BCUT2D eigenvalue weighted by molar-refractivity contribution is 0.0941. The molecule has 1 aromatic heterocycles. The molecule has 0 saturated heterocycles. The fourth-order valence-electron chi connectivity index (χ4n) is 2.68. The van der Waals surface area contributed by atoms with E-state index in [1.807, 2.05) is 19.2 Å². The zero-order valence-corrected chi connectivity index (χ0v) is 16.1. The van der Waals surface area contributed by atoms with E-state index in [2.05, 4.69) is 10.3 Å². The smallest absolute Gasteiger partial charge is 0.253 e. The fraction of sp³-hybridized carbons (Fsp3) is 0.158. The number of aromatic nitrogens is 2. The number of aryl methyl sites for hydroxylation is 1. The van der Waals surface area contributed by atoms with Crippen molar-refractivity contribution in [1.82, 2.24) is 14.9 Å². The van der Waals surface area contributed by atoms with Crippen molar-refractivity contribution in [2.45, 2.75) is 6.04 Å². The predicted molar refractivity (Wildman–Crippen MR) is 102 cm³/mol. The Labute approximate surface area is 165 Å². The Morgan fingerprint density at radius 2 is 2.04 bits per heavy atom. The normalized spacial score (nSPS) is 11.9. The van der Waals surface area contributed by atoms with Gasteiger partial charge in [0.05, 0.1) is 22.7 Å². The van der Waals surface area contributed by atoms with Crippen LogP contribution in [0.15, 0.2) is 48.8 Å². The van der Waals surface area contributed by atoms with Gasteiger partial charge >= 0.3 is 0 Å². The van der Waals surface area contributed by atoms with E-state index in [4.69, 9.17) is 27.9 Å². The van der Waals surface area contributed by atoms with E-state index >= 15 is 0 Å². The molecular formula is C19H16Cl2FN3O2. The van der Waals surface area contributed by atoms with Crippen molar-refractivity contribution in [1.29, 1.82) is 0 Å². The van der Waals surface area contributed by atoms with Gasteiger partial charge in [-0.3, -0.25) is 4.79 Å². The third kappa shape index (κ3) is 4.07. The van der Waals surface area contributed by atoms with Gasteiger partial charge in [-0.2, -0.15) is 0 Å². The molecule has 1 unspecified atom stereocenters. The molecule has 3 aromatic rings. The number of ether oxygens (including phenoxy) is 1. The molecule has 1 atom stereocenters. The number of benzene rings is 2. The quantitative estimate of drug-likeness (QED) is 0.637. The Bertz CT molecular complexity index is 991. The van der Waals surface area contributed by atoms with Gasteiger partial charge in [-0.25, -0.2) is 9.37 Å². The Kier molecular flexibility index (Phi) is 5.68. The minimum atomic E-state index is -0.721. The van der Waals surface area contributed by atoms with Crippen LogP contribution in [-0.4, -0.2) is 22.6 Å². The molecule has 1 heterocycles. The van der Waals surface area contributed by atoms with E-state index in [1.165, 1.54) is 6.07 Å². The zero-order chi connectivity index (χ0) is 19.6. The van der Waals surface area contributed by atoms with Crippen molar-refractivity contribution in [2.24, 2.45) is 7.05 Å². The van der Waals surface area contributed by atoms with Gasteiger partial charge in [0, 0.05) is 19.4 Å². The number of methoxy groups -OCH3 is 1. The molecule has 0 aliphatic rings. The van der Waals surface area contributed by atoms with E-state index in [1.54, 1.807) is 36.2 Å². The van der Waals surface area contributed by atoms with Gasteiger partial charge in [0.25, 0.3) is 5.91 Å². The molecule has 0 fully saturated rings. The fourth-order valence-corrected chi connectivity index (χ4v) is 3.15. The monoisotopic (exact) mass is 407 g/mol. The second kappa shape index (κ2) is 7.98. The summed E-state index contributed by atoms with van der Waals surface area (Å²) < 4.78 is 20.9. The Morgan fingerprint density at radius 3 is 2.70 bits per heavy atom. The molecule has 0 saturated carbocycles. The number of rotatable bonds is 5. The van der Waals surface area contributed by atoms with E-state index in [0.29, 0.717) is 11.6 Å². The lowest BCUT2D eigenvalue weighted by Crippen LogP contribution is -2.31. The average Bonchev–Trinajstić information content (AvgIpc) is 3.08. The maximum atomic E-state index is 13.8. The van der Waals surface area contributed by atoms with E-state index in [9.17, 15) is 9.18 Å². The van der Waals surface area contributed by atoms with Gasteiger partial charge in [-0.15, -0.1) is 0 Å². The highest BCUT2D eigenvalue weighted by atomic mass is 35.5. The first-order valence-electron chi connectivity index (χ1n) is 7.97. The number of nitrogens with one attached hydrogen (secondary N) is 1. The summed E-state index contributed by atoms with van der Waals surface area (Å²) in [7, 11) is 3.38. The highest BCUT2D eigenvalue weighted by Gasteiger charge is 2.23. The number of hydrogen-bond donors (Lipinski definition) is 1. The second-order valence-electron chi connectivity index (χ2n) is 5.83. The van der Waals surface area contributed by atoms with Crippen LogP contribution in [0.5, 0.6) is 5.75 Å². The summed E-state index contributed by atoms with van der Waals surface area (Å²) in [5.74, 6) is -0.0359. The number of nitrogens with zero attached hydrogens (tertiary/aromatic N) is 2. The van der Waals surface area contributed by atoms with E-state index in [-0.39, 0.29) is 15.6 Å². The van der Waals surface area contributed by atoms with Gasteiger partial charge in [-0.05, 0) is 29.8 Å². The van der Waals surface area contributed by atoms with Gasteiger partial charge < -0.3 is 14.6 Å². The Balaban J connectivity index is 2.00. The summed E-state index contributed by atoms with van der Waals surface area (Å²) in [6, 6.07) is 8.87. The van der Waals surface area contributed by atoms with Crippen molar-refractivity contribution in [3.05, 3.63) is 81.6 Å². The molecule has 0 radical (unpaired) electrons. The number of hydrogen-bond acceptors (Lipinski definition) is 3. The molecule has 3 rings (SSSR count). The molecule has 0 spiro atoms. The van der Waals surface area contributed by atoms with Crippen LogP contribution < -0.4 is 10.1 Å². The van der Waals surface area contributed by atoms with Gasteiger partial charge in [0.2, 0.25) is 0 Å². The average molecular weight is 408 g/mol. The molecule has 0 bridgehead atoms. The third-order valence-corrected chi connectivity index (χ3v) is 4.68. The molecule has 8 heteroatoms. The van der Waals surface area contributed by atoms with Crippen LogP contribution in [0, 0.1) is 5.82 Å². The summed E-state index contributed by atoms with van der Waals surface area (Å²) in [5.41, 5.74) is 0.739. The van der Waals surface area contributed by atoms with Crippen molar-refractivity contribution in [3.8, 4) is 5.75 Å². The van der Waals surface area contributed by atoms with Gasteiger partial charge in [-0.1, -0.05) is 35.3 Å². The molecule has 1 amide bonds. The first kappa shape index (κ1) is 19.2. The first-order chi connectivity index (χ1) is 12.9. The van der Waals surface area contributed by atoms with Crippen LogP contribution in [0.25, 0.3) is 0 Å².